The van der Waals surface area contributed by atoms with Crippen LogP contribution in [0.1, 0.15) is 12.8 Å². The van der Waals surface area contributed by atoms with Crippen LogP contribution in [0.15, 0.2) is 24.1 Å². The largest absolute Gasteiger partial charge is 0.495 e. The zero-order chi connectivity index (χ0) is 8.27. The van der Waals surface area contributed by atoms with Crippen molar-refractivity contribution in [1.29, 1.82) is 0 Å². The maximum absolute atomic E-state index is 5.06. The van der Waals surface area contributed by atoms with Gasteiger partial charge >= 0.3 is 0 Å². The maximum atomic E-state index is 5.06. The van der Waals surface area contributed by atoms with Gasteiger partial charge in [-0.1, -0.05) is 12.7 Å². The molecule has 0 radical (unpaired) electrons. The quantitative estimate of drug-likeness (QED) is 0.560. The van der Waals surface area contributed by atoms with E-state index in [9.17, 15) is 0 Å². The second-order valence-electron chi connectivity index (χ2n) is 2.78. The summed E-state index contributed by atoms with van der Waals surface area (Å²) >= 11 is 0. The molecule has 1 rings (SSSR count). The first-order chi connectivity index (χ1) is 5.25. The van der Waals surface area contributed by atoms with Gasteiger partial charge in [0.2, 0.25) is 0 Å². The fourth-order valence-corrected chi connectivity index (χ4v) is 1.27. The number of rotatable bonds is 2. The lowest BCUT2D eigenvalue weighted by atomic mass is 10.1. The van der Waals surface area contributed by atoms with Crippen LogP contribution in [0.3, 0.4) is 0 Å². The fourth-order valence-electron chi connectivity index (χ4n) is 1.27. The maximum Gasteiger partial charge on any atom is 0.134 e. The number of ether oxygens (including phenoxy) is 1. The molecule has 0 aromatic carbocycles. The van der Waals surface area contributed by atoms with E-state index in [1.165, 1.54) is 6.42 Å². The molecule has 0 N–H and O–H groups in total. The van der Waals surface area contributed by atoms with Crippen molar-refractivity contribution in [3.8, 4) is 0 Å². The van der Waals surface area contributed by atoms with E-state index in [0.29, 0.717) is 0 Å². The van der Waals surface area contributed by atoms with Crippen molar-refractivity contribution in [3.05, 3.63) is 24.1 Å². The molecular weight excluding hydrogens is 138 g/mol. The summed E-state index contributed by atoms with van der Waals surface area (Å²) < 4.78 is 5.06. The minimum Gasteiger partial charge on any atom is -0.495 e. The number of methoxy groups -OCH3 is 1. The van der Waals surface area contributed by atoms with Crippen LogP contribution in [-0.4, -0.2) is 25.6 Å². The molecule has 0 aliphatic carbocycles. The lowest BCUT2D eigenvalue weighted by Gasteiger charge is -2.26. The molecule has 62 valence electrons. The van der Waals surface area contributed by atoms with Crippen LogP contribution in [0.4, 0.5) is 0 Å². The smallest absolute Gasteiger partial charge is 0.134 e. The number of hydrogen-bond donors (Lipinski definition) is 0. The molecule has 1 aliphatic heterocycles. The highest BCUT2D eigenvalue weighted by Gasteiger charge is 2.11. The van der Waals surface area contributed by atoms with Crippen molar-refractivity contribution in [2.24, 2.45) is 0 Å². The van der Waals surface area contributed by atoms with Gasteiger partial charge in [0.15, 0.2) is 0 Å². The predicted octanol–water partition coefficient (Wildman–Crippen LogP) is 1.76. The SMILES string of the molecule is C=C(OC)C1=CCCCN1C. The van der Waals surface area contributed by atoms with Gasteiger partial charge in [0.25, 0.3) is 0 Å². The van der Waals surface area contributed by atoms with E-state index in [1.807, 2.05) is 0 Å². The Balaban J connectivity index is 2.67. The number of allylic oxidation sites excluding steroid dienone is 1. The van der Waals surface area contributed by atoms with E-state index in [2.05, 4.69) is 24.6 Å². The van der Waals surface area contributed by atoms with Crippen LogP contribution in [0.25, 0.3) is 0 Å². The van der Waals surface area contributed by atoms with Crippen molar-refractivity contribution in [3.63, 3.8) is 0 Å². The highest BCUT2D eigenvalue weighted by atomic mass is 16.5. The molecule has 0 spiro atoms. The molecule has 1 aliphatic rings. The average Bonchev–Trinajstić information content (AvgIpc) is 2.04. The molecule has 0 atom stereocenters. The van der Waals surface area contributed by atoms with Crippen molar-refractivity contribution < 1.29 is 4.74 Å². The summed E-state index contributed by atoms with van der Waals surface area (Å²) in [7, 11) is 3.72. The van der Waals surface area contributed by atoms with E-state index in [4.69, 9.17) is 4.74 Å². The molecular formula is C9H15NO. The van der Waals surface area contributed by atoms with E-state index in [1.54, 1.807) is 7.11 Å². The van der Waals surface area contributed by atoms with Gasteiger partial charge in [-0.25, -0.2) is 0 Å². The van der Waals surface area contributed by atoms with E-state index >= 15 is 0 Å². The van der Waals surface area contributed by atoms with Gasteiger partial charge in [0.1, 0.15) is 5.76 Å². The Hall–Kier alpha value is -0.920. The van der Waals surface area contributed by atoms with Crippen molar-refractivity contribution >= 4 is 0 Å². The standard InChI is InChI=1S/C9H15NO/c1-8(11-3)9-6-4-5-7-10(9)2/h6H,1,4-5,7H2,2-3H3. The summed E-state index contributed by atoms with van der Waals surface area (Å²) in [4.78, 5) is 2.18. The molecule has 2 heteroatoms. The normalized spacial score (nSPS) is 17.6. The minimum absolute atomic E-state index is 0.771. The van der Waals surface area contributed by atoms with Crippen molar-refractivity contribution in [1.82, 2.24) is 4.90 Å². The minimum atomic E-state index is 0.771. The predicted molar refractivity (Wildman–Crippen MR) is 46.1 cm³/mol. The molecule has 0 saturated heterocycles. The zero-order valence-corrected chi connectivity index (χ0v) is 7.26. The highest BCUT2D eigenvalue weighted by Crippen LogP contribution is 2.18. The monoisotopic (exact) mass is 153 g/mol. The van der Waals surface area contributed by atoms with Gasteiger partial charge in [-0.15, -0.1) is 0 Å². The Morgan fingerprint density at radius 1 is 1.73 bits per heavy atom. The lowest BCUT2D eigenvalue weighted by molar-refractivity contribution is 0.265. The van der Waals surface area contributed by atoms with Gasteiger partial charge in [-0.2, -0.15) is 0 Å². The van der Waals surface area contributed by atoms with Gasteiger partial charge in [0, 0.05) is 13.6 Å². The van der Waals surface area contributed by atoms with Crippen LogP contribution in [0.2, 0.25) is 0 Å². The molecule has 1 heterocycles. The second kappa shape index (κ2) is 3.46. The summed E-state index contributed by atoms with van der Waals surface area (Å²) in [5, 5.41) is 0. The molecule has 0 bridgehead atoms. The van der Waals surface area contributed by atoms with Crippen LogP contribution in [0, 0.1) is 0 Å². The summed E-state index contributed by atoms with van der Waals surface area (Å²) in [6.07, 6.45) is 4.55. The number of likely N-dealkylation sites (N-methyl/N-ethyl adjacent to an activating group) is 1. The summed E-state index contributed by atoms with van der Waals surface area (Å²) in [5.74, 6) is 0.771. The third kappa shape index (κ3) is 1.76. The van der Waals surface area contributed by atoms with Crippen LogP contribution in [0.5, 0.6) is 0 Å². The molecule has 2 nitrogen and oxygen atoms in total. The zero-order valence-electron chi connectivity index (χ0n) is 7.26. The van der Waals surface area contributed by atoms with E-state index in [-0.39, 0.29) is 0 Å². The molecule has 0 saturated carbocycles. The Kier molecular flexibility index (Phi) is 2.58. The third-order valence-electron chi connectivity index (χ3n) is 1.98. The fraction of sp³-hybridized carbons (Fsp3) is 0.556. The molecule has 0 fully saturated rings. The second-order valence-corrected chi connectivity index (χ2v) is 2.78. The van der Waals surface area contributed by atoms with Gasteiger partial charge in [-0.3, -0.25) is 0 Å². The Labute approximate surface area is 68.1 Å². The number of nitrogens with zero attached hydrogens (tertiary/aromatic N) is 1. The number of hydrogen-bond acceptors (Lipinski definition) is 2. The molecule has 0 unspecified atom stereocenters. The van der Waals surface area contributed by atoms with Crippen LogP contribution >= 0.6 is 0 Å². The van der Waals surface area contributed by atoms with Gasteiger partial charge in [0.05, 0.1) is 12.8 Å². The summed E-state index contributed by atoms with van der Waals surface area (Å²) in [6, 6.07) is 0. The van der Waals surface area contributed by atoms with Crippen molar-refractivity contribution in [2.45, 2.75) is 12.8 Å². The van der Waals surface area contributed by atoms with E-state index in [0.717, 1.165) is 24.4 Å². The third-order valence-corrected chi connectivity index (χ3v) is 1.98. The topological polar surface area (TPSA) is 12.5 Å². The molecule has 0 aromatic rings. The summed E-state index contributed by atoms with van der Waals surface area (Å²) in [6.45, 7) is 4.92. The van der Waals surface area contributed by atoms with Gasteiger partial charge in [-0.05, 0) is 12.8 Å². The van der Waals surface area contributed by atoms with E-state index < -0.39 is 0 Å². The molecule has 0 aromatic heterocycles. The Bertz CT molecular complexity index is 184. The molecule has 11 heavy (non-hydrogen) atoms. The van der Waals surface area contributed by atoms with Crippen molar-refractivity contribution in [2.75, 3.05) is 20.7 Å². The Morgan fingerprint density at radius 2 is 2.45 bits per heavy atom. The average molecular weight is 153 g/mol. The molecule has 0 amide bonds. The van der Waals surface area contributed by atoms with Gasteiger partial charge < -0.3 is 9.64 Å². The van der Waals surface area contributed by atoms with Crippen LogP contribution < -0.4 is 0 Å². The lowest BCUT2D eigenvalue weighted by Crippen LogP contribution is -2.23. The van der Waals surface area contributed by atoms with Crippen LogP contribution in [-0.2, 0) is 4.74 Å². The summed E-state index contributed by atoms with van der Waals surface area (Å²) in [5.41, 5.74) is 1.14. The Morgan fingerprint density at radius 3 is 3.00 bits per heavy atom. The first-order valence-electron chi connectivity index (χ1n) is 3.90. The first-order valence-corrected chi connectivity index (χ1v) is 3.90. The highest BCUT2D eigenvalue weighted by molar-refractivity contribution is 5.22. The first kappa shape index (κ1) is 8.18.